The number of nitrogens with zero attached hydrogens (tertiary/aromatic N) is 1. The molecule has 0 amide bonds. The number of hydrogen-bond acceptors (Lipinski definition) is 4. The molecule has 108 valence electrons. The summed E-state index contributed by atoms with van der Waals surface area (Å²) >= 11 is 0. The normalized spacial score (nSPS) is 13.6. The zero-order chi connectivity index (χ0) is 14.8. The lowest BCUT2D eigenvalue weighted by atomic mass is 10.2. The van der Waals surface area contributed by atoms with Crippen LogP contribution in [0.1, 0.15) is 12.5 Å². The first-order chi connectivity index (χ1) is 9.44. The number of hydrogen-bond donors (Lipinski definition) is 1. The van der Waals surface area contributed by atoms with E-state index in [9.17, 15) is 8.42 Å². The lowest BCUT2D eigenvalue weighted by molar-refractivity contribution is 0.180. The Morgan fingerprint density at radius 2 is 2.15 bits per heavy atom. The Morgan fingerprint density at radius 3 is 2.85 bits per heavy atom. The van der Waals surface area contributed by atoms with Crippen LogP contribution in [0.3, 0.4) is 0 Å². The van der Waals surface area contributed by atoms with Gasteiger partial charge in [-0.1, -0.05) is 12.1 Å². The lowest BCUT2D eigenvalue weighted by Crippen LogP contribution is -2.35. The second-order valence-corrected chi connectivity index (χ2v) is 6.50. The summed E-state index contributed by atoms with van der Waals surface area (Å²) in [7, 11) is -2.08. The Kier molecular flexibility index (Phi) is 4.37. The molecule has 0 bridgehead atoms. The second kappa shape index (κ2) is 5.87. The first-order valence-electron chi connectivity index (χ1n) is 6.30. The molecule has 20 heavy (non-hydrogen) atoms. The minimum absolute atomic E-state index is 0.193. The molecule has 0 saturated heterocycles. The minimum Gasteiger partial charge on any atom is -0.383 e. The van der Waals surface area contributed by atoms with Crippen LogP contribution in [0, 0.1) is 6.92 Å². The average molecular weight is 294 g/mol. The van der Waals surface area contributed by atoms with Crippen molar-refractivity contribution in [2.24, 2.45) is 0 Å². The first kappa shape index (κ1) is 14.9. The summed E-state index contributed by atoms with van der Waals surface area (Å²) in [6.45, 7) is 3.99. The molecule has 1 N–H and O–H groups in total. The number of aryl methyl sites for hydroxylation is 1. The third kappa shape index (κ3) is 3.15. The van der Waals surface area contributed by atoms with Crippen LogP contribution >= 0.6 is 0 Å². The highest BCUT2D eigenvalue weighted by Gasteiger charge is 2.20. The predicted molar refractivity (Wildman–Crippen MR) is 78.1 cm³/mol. The van der Waals surface area contributed by atoms with Gasteiger partial charge in [-0.2, -0.15) is 0 Å². The van der Waals surface area contributed by atoms with Gasteiger partial charge < -0.3 is 4.74 Å². The van der Waals surface area contributed by atoms with Gasteiger partial charge in [0.2, 0.25) is 10.0 Å². The van der Waals surface area contributed by atoms with Crippen LogP contribution in [-0.4, -0.2) is 33.2 Å². The van der Waals surface area contributed by atoms with E-state index in [0.29, 0.717) is 12.1 Å². The van der Waals surface area contributed by atoms with Crippen molar-refractivity contribution in [1.29, 1.82) is 0 Å². The number of ether oxygens (including phenoxy) is 1. The predicted octanol–water partition coefficient (Wildman–Crippen LogP) is 1.86. The van der Waals surface area contributed by atoms with Crippen molar-refractivity contribution in [3.8, 4) is 0 Å². The average Bonchev–Trinajstić information content (AvgIpc) is 2.37. The standard InChI is InChI=1S/C14H18N2O3S/c1-10-7-12-5-4-6-13(14(12)15-8-10)20(17,18)16-11(2)9-19-3/h4-8,11,16H,9H2,1-3H3/t11-/m1/s1. The topological polar surface area (TPSA) is 68.3 Å². The van der Waals surface area contributed by atoms with E-state index in [1.165, 1.54) is 7.11 Å². The number of rotatable bonds is 5. The third-order valence-corrected chi connectivity index (χ3v) is 4.49. The smallest absolute Gasteiger partial charge is 0.243 e. The quantitative estimate of drug-likeness (QED) is 0.914. The first-order valence-corrected chi connectivity index (χ1v) is 7.79. The van der Waals surface area contributed by atoms with Crippen molar-refractivity contribution in [1.82, 2.24) is 9.71 Å². The molecule has 1 atom stereocenters. The van der Waals surface area contributed by atoms with Crippen molar-refractivity contribution >= 4 is 20.9 Å². The van der Waals surface area contributed by atoms with Gasteiger partial charge in [-0.05, 0) is 31.5 Å². The molecule has 0 aliphatic carbocycles. The summed E-state index contributed by atoms with van der Waals surface area (Å²) in [6, 6.07) is 6.75. The van der Waals surface area contributed by atoms with Gasteiger partial charge >= 0.3 is 0 Å². The number of para-hydroxylation sites is 1. The van der Waals surface area contributed by atoms with Crippen LogP contribution in [0.5, 0.6) is 0 Å². The summed E-state index contributed by atoms with van der Waals surface area (Å²) in [5.41, 5.74) is 1.47. The van der Waals surface area contributed by atoms with Crippen molar-refractivity contribution in [3.05, 3.63) is 36.0 Å². The Labute approximate surface area is 119 Å². The summed E-state index contributed by atoms with van der Waals surface area (Å²) in [5.74, 6) is 0. The van der Waals surface area contributed by atoms with E-state index in [1.54, 1.807) is 25.3 Å². The van der Waals surface area contributed by atoms with Gasteiger partial charge in [-0.25, -0.2) is 13.1 Å². The molecule has 0 saturated carbocycles. The molecular weight excluding hydrogens is 276 g/mol. The molecule has 1 heterocycles. The van der Waals surface area contributed by atoms with Gasteiger partial charge in [0.05, 0.1) is 12.1 Å². The van der Waals surface area contributed by atoms with Gasteiger partial charge in [-0.15, -0.1) is 0 Å². The van der Waals surface area contributed by atoms with Gasteiger partial charge in [0.25, 0.3) is 0 Å². The van der Waals surface area contributed by atoms with Crippen molar-refractivity contribution in [2.45, 2.75) is 24.8 Å². The maximum Gasteiger partial charge on any atom is 0.243 e. The van der Waals surface area contributed by atoms with Crippen molar-refractivity contribution < 1.29 is 13.2 Å². The highest BCUT2D eigenvalue weighted by atomic mass is 32.2. The Hall–Kier alpha value is -1.50. The number of benzene rings is 1. The Balaban J connectivity index is 2.46. The van der Waals surface area contributed by atoms with Crippen molar-refractivity contribution in [2.75, 3.05) is 13.7 Å². The maximum absolute atomic E-state index is 12.4. The zero-order valence-corrected chi connectivity index (χ0v) is 12.6. The van der Waals surface area contributed by atoms with Crippen LogP contribution in [0.4, 0.5) is 0 Å². The van der Waals surface area contributed by atoms with Crippen LogP contribution in [0.2, 0.25) is 0 Å². The fourth-order valence-electron chi connectivity index (χ4n) is 2.07. The van der Waals surface area contributed by atoms with Gasteiger partial charge in [-0.3, -0.25) is 4.98 Å². The summed E-state index contributed by atoms with van der Waals surface area (Å²) < 4.78 is 32.4. The minimum atomic E-state index is -3.61. The van der Waals surface area contributed by atoms with E-state index in [4.69, 9.17) is 4.74 Å². The van der Waals surface area contributed by atoms with Crippen LogP contribution in [0.15, 0.2) is 35.4 Å². The van der Waals surface area contributed by atoms with E-state index in [-0.39, 0.29) is 10.9 Å². The number of pyridine rings is 1. The van der Waals surface area contributed by atoms with Crippen LogP contribution < -0.4 is 4.72 Å². The summed E-state index contributed by atoms with van der Waals surface area (Å²) in [6.07, 6.45) is 1.67. The molecule has 0 aliphatic rings. The van der Waals surface area contributed by atoms with E-state index in [1.807, 2.05) is 19.1 Å². The van der Waals surface area contributed by atoms with Gasteiger partial charge in [0.1, 0.15) is 4.90 Å². The highest BCUT2D eigenvalue weighted by Crippen LogP contribution is 2.21. The number of nitrogens with one attached hydrogen (secondary N) is 1. The molecule has 5 nitrogen and oxygen atoms in total. The number of aromatic nitrogens is 1. The maximum atomic E-state index is 12.4. The third-order valence-electron chi connectivity index (χ3n) is 2.87. The second-order valence-electron chi connectivity index (χ2n) is 4.82. The monoisotopic (exact) mass is 294 g/mol. The number of fused-ring (bicyclic) bond motifs is 1. The van der Waals surface area contributed by atoms with E-state index in [0.717, 1.165) is 10.9 Å². The molecule has 0 fully saturated rings. The molecule has 0 unspecified atom stereocenters. The van der Waals surface area contributed by atoms with Crippen molar-refractivity contribution in [3.63, 3.8) is 0 Å². The molecule has 1 aromatic carbocycles. The van der Waals surface area contributed by atoms with E-state index < -0.39 is 10.0 Å². The molecule has 0 aliphatic heterocycles. The molecule has 0 radical (unpaired) electrons. The summed E-state index contributed by atoms with van der Waals surface area (Å²) in [5, 5.41) is 0.812. The molecular formula is C14H18N2O3S. The Morgan fingerprint density at radius 1 is 1.40 bits per heavy atom. The summed E-state index contributed by atoms with van der Waals surface area (Å²) in [4.78, 5) is 4.44. The molecule has 2 aromatic rings. The van der Waals surface area contributed by atoms with Gasteiger partial charge in [0.15, 0.2) is 0 Å². The van der Waals surface area contributed by atoms with E-state index >= 15 is 0 Å². The molecule has 1 aromatic heterocycles. The van der Waals surface area contributed by atoms with E-state index in [2.05, 4.69) is 9.71 Å². The van der Waals surface area contributed by atoms with Gasteiger partial charge in [0, 0.05) is 24.7 Å². The zero-order valence-electron chi connectivity index (χ0n) is 11.8. The Bertz CT molecular complexity index is 713. The lowest BCUT2D eigenvalue weighted by Gasteiger charge is -2.14. The largest absolute Gasteiger partial charge is 0.383 e. The highest BCUT2D eigenvalue weighted by molar-refractivity contribution is 7.89. The molecule has 6 heteroatoms. The SMILES string of the molecule is COC[C@@H](C)NS(=O)(=O)c1cccc2cc(C)cnc12. The van der Waals surface area contributed by atoms with Crippen LogP contribution in [-0.2, 0) is 14.8 Å². The number of methoxy groups -OCH3 is 1. The van der Waals surface area contributed by atoms with Crippen LogP contribution in [0.25, 0.3) is 10.9 Å². The molecule has 2 rings (SSSR count). The molecule has 0 spiro atoms. The number of sulfonamides is 1. The fourth-order valence-corrected chi connectivity index (χ4v) is 3.48. The fraction of sp³-hybridized carbons (Fsp3) is 0.357.